The van der Waals surface area contributed by atoms with Crippen molar-refractivity contribution in [2.45, 2.75) is 5.75 Å². The van der Waals surface area contributed by atoms with E-state index in [1.807, 2.05) is 0 Å². The third kappa shape index (κ3) is 2.93. The summed E-state index contributed by atoms with van der Waals surface area (Å²) >= 11 is 4.04. The average Bonchev–Trinajstić information content (AvgIpc) is 2.26. The number of terminal acetylenes is 1. The molecule has 0 spiro atoms. The number of thiol groups is 1. The number of benzene rings is 1. The largest absolute Gasteiger partial charge is 0.273 e. The van der Waals surface area contributed by atoms with Crippen molar-refractivity contribution in [2.75, 3.05) is 17.6 Å². The minimum absolute atomic E-state index is 0.0287. The number of hydrogen-bond acceptors (Lipinski definition) is 3. The van der Waals surface area contributed by atoms with Crippen LogP contribution in [-0.4, -0.2) is 21.7 Å². The Balaban J connectivity index is 3.47. The summed E-state index contributed by atoms with van der Waals surface area (Å²) in [5, 5.41) is 0. The van der Waals surface area contributed by atoms with Gasteiger partial charge in [0.1, 0.15) is 5.82 Å². The molecule has 1 aromatic carbocycles. The highest BCUT2D eigenvalue weighted by atomic mass is 32.2. The molecule has 0 aromatic heterocycles. The summed E-state index contributed by atoms with van der Waals surface area (Å²) < 4.78 is 37.4. The minimum atomic E-state index is -3.42. The van der Waals surface area contributed by atoms with Gasteiger partial charge in [0.25, 0.3) is 0 Å². The molecule has 0 fully saturated rings. The lowest BCUT2D eigenvalue weighted by atomic mass is 10.1. The van der Waals surface area contributed by atoms with E-state index >= 15 is 0 Å². The molecule has 0 aliphatic carbocycles. The molecular formula is C11H12FNO2S2. The molecule has 6 heteroatoms. The first kappa shape index (κ1) is 13.9. The van der Waals surface area contributed by atoms with Gasteiger partial charge in [-0.2, -0.15) is 12.6 Å². The van der Waals surface area contributed by atoms with E-state index in [9.17, 15) is 12.8 Å². The van der Waals surface area contributed by atoms with Crippen LogP contribution < -0.4 is 4.31 Å². The van der Waals surface area contributed by atoms with Crippen molar-refractivity contribution in [2.24, 2.45) is 0 Å². The molecule has 1 aromatic rings. The molecule has 0 aliphatic rings. The fourth-order valence-electron chi connectivity index (χ4n) is 1.31. The SMILES string of the molecule is C#Cc1cc(N(C)S(C)(=O)=O)c(CS)cc1F. The van der Waals surface area contributed by atoms with E-state index in [1.54, 1.807) is 0 Å². The fourth-order valence-corrected chi connectivity index (χ4v) is 2.09. The second kappa shape index (κ2) is 4.98. The van der Waals surface area contributed by atoms with Crippen molar-refractivity contribution in [3.05, 3.63) is 29.1 Å². The van der Waals surface area contributed by atoms with E-state index in [2.05, 4.69) is 18.5 Å². The van der Waals surface area contributed by atoms with E-state index in [4.69, 9.17) is 6.42 Å². The van der Waals surface area contributed by atoms with E-state index < -0.39 is 15.8 Å². The highest BCUT2D eigenvalue weighted by molar-refractivity contribution is 7.92. The third-order valence-electron chi connectivity index (χ3n) is 2.33. The average molecular weight is 273 g/mol. The van der Waals surface area contributed by atoms with Crippen LogP contribution >= 0.6 is 12.6 Å². The second-order valence-corrected chi connectivity index (χ2v) is 5.82. The number of sulfonamides is 1. The molecule has 3 nitrogen and oxygen atoms in total. The molecule has 0 N–H and O–H groups in total. The van der Waals surface area contributed by atoms with Gasteiger partial charge in [0.05, 0.1) is 17.5 Å². The molecule has 92 valence electrons. The number of nitrogens with zero attached hydrogens (tertiary/aromatic N) is 1. The summed E-state index contributed by atoms with van der Waals surface area (Å²) in [7, 11) is -2.03. The van der Waals surface area contributed by atoms with Gasteiger partial charge in [-0.15, -0.1) is 6.42 Å². The Hall–Kier alpha value is -1.19. The Bertz CT molecular complexity index is 576. The Morgan fingerprint density at radius 1 is 1.53 bits per heavy atom. The molecule has 0 saturated carbocycles. The molecule has 0 heterocycles. The molecular weight excluding hydrogens is 261 g/mol. The van der Waals surface area contributed by atoms with Gasteiger partial charge >= 0.3 is 0 Å². The zero-order valence-corrected chi connectivity index (χ0v) is 11.1. The standard InChI is InChI=1S/C11H12FNO2S2/c1-4-8-6-11(13(2)17(3,14)15)9(7-16)5-10(8)12/h1,5-6,16H,7H2,2-3H3. The van der Waals surface area contributed by atoms with E-state index in [-0.39, 0.29) is 11.3 Å². The smallest absolute Gasteiger partial charge is 0.232 e. The van der Waals surface area contributed by atoms with E-state index in [0.717, 1.165) is 10.6 Å². The second-order valence-electron chi connectivity index (χ2n) is 3.49. The maximum Gasteiger partial charge on any atom is 0.232 e. The number of rotatable bonds is 3. The van der Waals surface area contributed by atoms with Crippen LogP contribution in [0.2, 0.25) is 0 Å². The predicted octanol–water partition coefficient (Wildman–Crippen LogP) is 1.63. The number of hydrogen-bond donors (Lipinski definition) is 1. The van der Waals surface area contributed by atoms with Crippen molar-refractivity contribution in [1.82, 2.24) is 0 Å². The lowest BCUT2D eigenvalue weighted by Crippen LogP contribution is -2.26. The van der Waals surface area contributed by atoms with Crippen LogP contribution in [-0.2, 0) is 15.8 Å². The predicted molar refractivity (Wildman–Crippen MR) is 70.3 cm³/mol. The molecule has 17 heavy (non-hydrogen) atoms. The summed E-state index contributed by atoms with van der Waals surface area (Å²) in [5.41, 5.74) is 0.843. The molecule has 0 aliphatic heterocycles. The van der Waals surface area contributed by atoms with Gasteiger partial charge in [0.15, 0.2) is 0 Å². The highest BCUT2D eigenvalue weighted by Crippen LogP contribution is 2.26. The Labute approximate surface area is 106 Å². The topological polar surface area (TPSA) is 37.4 Å². The lowest BCUT2D eigenvalue weighted by Gasteiger charge is -2.20. The van der Waals surface area contributed by atoms with Crippen molar-refractivity contribution >= 4 is 28.3 Å². The Morgan fingerprint density at radius 2 is 2.12 bits per heavy atom. The molecule has 1 rings (SSSR count). The quantitative estimate of drug-likeness (QED) is 0.671. The molecule has 0 atom stereocenters. The number of anilines is 1. The maximum absolute atomic E-state index is 13.4. The van der Waals surface area contributed by atoms with E-state index in [0.29, 0.717) is 11.3 Å². The summed E-state index contributed by atoms with van der Waals surface area (Å²) in [6.45, 7) is 0. The molecule has 0 radical (unpaired) electrons. The van der Waals surface area contributed by atoms with Crippen molar-refractivity contribution in [3.8, 4) is 12.3 Å². The van der Waals surface area contributed by atoms with Crippen LogP contribution in [0.3, 0.4) is 0 Å². The normalized spacial score (nSPS) is 11.0. The first-order valence-electron chi connectivity index (χ1n) is 4.65. The summed E-state index contributed by atoms with van der Waals surface area (Å²) in [4.78, 5) is 0. The van der Waals surface area contributed by atoms with Gasteiger partial charge in [-0.05, 0) is 17.7 Å². The van der Waals surface area contributed by atoms with Crippen LogP contribution in [0.25, 0.3) is 0 Å². The zero-order valence-electron chi connectivity index (χ0n) is 9.44. The molecule has 0 bridgehead atoms. The van der Waals surface area contributed by atoms with Crippen molar-refractivity contribution in [1.29, 1.82) is 0 Å². The van der Waals surface area contributed by atoms with Crippen LogP contribution in [0, 0.1) is 18.2 Å². The van der Waals surface area contributed by atoms with Crippen LogP contribution in [0.5, 0.6) is 0 Å². The van der Waals surface area contributed by atoms with Gasteiger partial charge in [0.2, 0.25) is 10.0 Å². The summed E-state index contributed by atoms with van der Waals surface area (Å²) in [5.74, 6) is 1.84. The van der Waals surface area contributed by atoms with Gasteiger partial charge < -0.3 is 0 Å². The van der Waals surface area contributed by atoms with E-state index in [1.165, 1.54) is 19.2 Å². The number of halogens is 1. The van der Waals surface area contributed by atoms with Crippen molar-refractivity contribution in [3.63, 3.8) is 0 Å². The Kier molecular flexibility index (Phi) is 4.07. The summed E-state index contributed by atoms with van der Waals surface area (Å²) in [6, 6.07) is 2.54. The molecule has 0 unspecified atom stereocenters. The first-order chi connectivity index (χ1) is 7.81. The van der Waals surface area contributed by atoms with Gasteiger partial charge in [-0.3, -0.25) is 4.31 Å². The summed E-state index contributed by atoms with van der Waals surface area (Å²) in [6.07, 6.45) is 6.21. The van der Waals surface area contributed by atoms with Gasteiger partial charge in [-0.25, -0.2) is 12.8 Å². The lowest BCUT2D eigenvalue weighted by molar-refractivity contribution is 0.599. The third-order valence-corrected chi connectivity index (χ3v) is 3.86. The first-order valence-corrected chi connectivity index (χ1v) is 7.13. The Morgan fingerprint density at radius 3 is 2.53 bits per heavy atom. The maximum atomic E-state index is 13.4. The zero-order chi connectivity index (χ0) is 13.2. The van der Waals surface area contributed by atoms with Crippen molar-refractivity contribution < 1.29 is 12.8 Å². The monoisotopic (exact) mass is 273 g/mol. The fraction of sp³-hybridized carbons (Fsp3) is 0.273. The van der Waals surface area contributed by atoms with Crippen LogP contribution in [0.1, 0.15) is 11.1 Å². The minimum Gasteiger partial charge on any atom is -0.273 e. The molecule has 0 saturated heterocycles. The van der Waals surface area contributed by atoms with Crippen LogP contribution in [0.15, 0.2) is 12.1 Å². The molecule has 0 amide bonds. The van der Waals surface area contributed by atoms with Gasteiger partial charge in [0, 0.05) is 12.8 Å². The highest BCUT2D eigenvalue weighted by Gasteiger charge is 2.17. The van der Waals surface area contributed by atoms with Crippen LogP contribution in [0.4, 0.5) is 10.1 Å². The van der Waals surface area contributed by atoms with Gasteiger partial charge in [-0.1, -0.05) is 5.92 Å².